The number of halogens is 2. The SMILES string of the molecule is COC(=O)Cn1cc(NC(=O)c2cnn3cccnc23)c(-c2cc3ccccc3cc2OC(F)F)n1. The molecule has 2 aromatic carbocycles. The van der Waals surface area contributed by atoms with E-state index in [-0.39, 0.29) is 34.8 Å². The van der Waals surface area contributed by atoms with Gasteiger partial charge in [0.1, 0.15) is 23.6 Å². The van der Waals surface area contributed by atoms with Gasteiger partial charge in [0.05, 0.1) is 19.0 Å². The molecule has 36 heavy (non-hydrogen) atoms. The zero-order valence-electron chi connectivity index (χ0n) is 18.8. The Balaban J connectivity index is 1.62. The first kappa shape index (κ1) is 22.9. The predicted octanol–water partition coefficient (Wildman–Crippen LogP) is 3.77. The molecular weight excluding hydrogens is 474 g/mol. The summed E-state index contributed by atoms with van der Waals surface area (Å²) in [6.07, 6.45) is 5.93. The highest BCUT2D eigenvalue weighted by Gasteiger charge is 2.23. The number of hydrogen-bond acceptors (Lipinski definition) is 7. The number of nitrogens with zero attached hydrogens (tertiary/aromatic N) is 5. The molecule has 5 rings (SSSR count). The minimum absolute atomic E-state index is 0.123. The lowest BCUT2D eigenvalue weighted by Gasteiger charge is -2.12. The Kier molecular flexibility index (Phi) is 5.98. The van der Waals surface area contributed by atoms with Crippen molar-refractivity contribution >= 4 is 34.0 Å². The largest absolute Gasteiger partial charge is 0.468 e. The molecule has 1 amide bonds. The number of amides is 1. The lowest BCUT2D eigenvalue weighted by molar-refractivity contribution is -0.141. The minimum atomic E-state index is -3.09. The van der Waals surface area contributed by atoms with Crippen LogP contribution in [0, 0.1) is 0 Å². The number of carbonyl (C=O) groups is 2. The topological polar surface area (TPSA) is 113 Å². The van der Waals surface area contributed by atoms with Gasteiger partial charge in [-0.25, -0.2) is 9.50 Å². The molecule has 0 fully saturated rings. The Hall–Kier alpha value is -4.87. The van der Waals surface area contributed by atoms with Crippen molar-refractivity contribution < 1.29 is 27.8 Å². The number of ether oxygens (including phenoxy) is 2. The maximum Gasteiger partial charge on any atom is 0.387 e. The number of alkyl halides is 2. The molecule has 0 aliphatic carbocycles. The first-order valence-corrected chi connectivity index (χ1v) is 10.6. The minimum Gasteiger partial charge on any atom is -0.468 e. The number of hydrogen-bond donors (Lipinski definition) is 1. The highest BCUT2D eigenvalue weighted by molar-refractivity contribution is 6.09. The second kappa shape index (κ2) is 9.41. The van der Waals surface area contributed by atoms with Crippen molar-refractivity contribution in [3.05, 3.63) is 72.8 Å². The first-order valence-electron chi connectivity index (χ1n) is 10.6. The zero-order chi connectivity index (χ0) is 25.2. The summed E-state index contributed by atoms with van der Waals surface area (Å²) in [6, 6.07) is 11.9. The average molecular weight is 492 g/mol. The molecule has 0 aliphatic heterocycles. The fourth-order valence-electron chi connectivity index (χ4n) is 3.76. The van der Waals surface area contributed by atoms with Gasteiger partial charge >= 0.3 is 12.6 Å². The van der Waals surface area contributed by atoms with Crippen molar-refractivity contribution in [2.24, 2.45) is 0 Å². The monoisotopic (exact) mass is 492 g/mol. The number of fused-ring (bicyclic) bond motifs is 2. The van der Waals surface area contributed by atoms with E-state index in [9.17, 15) is 18.4 Å². The van der Waals surface area contributed by atoms with E-state index in [0.29, 0.717) is 11.0 Å². The van der Waals surface area contributed by atoms with Crippen LogP contribution in [0.1, 0.15) is 10.4 Å². The standard InChI is InChI=1S/C24H18F2N6O4/c1-35-20(33)13-31-12-18(29-23(34)17-11-28-32-8-4-7-27-22(17)32)21(30-31)16-9-14-5-2-3-6-15(14)10-19(16)36-24(25)26/h2-12,24H,13H2,1H3,(H,29,34). The van der Waals surface area contributed by atoms with Crippen molar-refractivity contribution in [1.29, 1.82) is 0 Å². The number of benzene rings is 2. The van der Waals surface area contributed by atoms with Gasteiger partial charge in [0.15, 0.2) is 5.65 Å². The van der Waals surface area contributed by atoms with Gasteiger partial charge < -0.3 is 14.8 Å². The van der Waals surface area contributed by atoms with E-state index in [4.69, 9.17) is 9.47 Å². The zero-order valence-corrected chi connectivity index (χ0v) is 18.8. The van der Waals surface area contributed by atoms with E-state index in [1.165, 1.54) is 41.0 Å². The summed E-state index contributed by atoms with van der Waals surface area (Å²) in [7, 11) is 1.23. The molecule has 1 N–H and O–H groups in total. The molecular formula is C24H18F2N6O4. The van der Waals surface area contributed by atoms with Gasteiger partial charge in [0, 0.05) is 24.2 Å². The van der Waals surface area contributed by atoms with Crippen LogP contribution in [0.15, 0.2) is 67.3 Å². The smallest absolute Gasteiger partial charge is 0.387 e. The molecule has 0 aliphatic rings. The molecule has 0 atom stereocenters. The summed E-state index contributed by atoms with van der Waals surface area (Å²) in [6.45, 7) is -3.36. The van der Waals surface area contributed by atoms with Crippen LogP contribution >= 0.6 is 0 Å². The first-order chi connectivity index (χ1) is 17.4. The Morgan fingerprint density at radius 2 is 1.92 bits per heavy atom. The van der Waals surface area contributed by atoms with Crippen molar-refractivity contribution in [3.63, 3.8) is 0 Å². The van der Waals surface area contributed by atoms with E-state index in [0.717, 1.165) is 5.39 Å². The number of aromatic nitrogens is 5. The highest BCUT2D eigenvalue weighted by atomic mass is 19.3. The van der Waals surface area contributed by atoms with Crippen molar-refractivity contribution in [2.75, 3.05) is 12.4 Å². The number of esters is 1. The van der Waals surface area contributed by atoms with Gasteiger partial charge in [-0.1, -0.05) is 24.3 Å². The molecule has 10 nitrogen and oxygen atoms in total. The Bertz CT molecular complexity index is 1600. The van der Waals surface area contributed by atoms with E-state index < -0.39 is 18.5 Å². The summed E-state index contributed by atoms with van der Waals surface area (Å²) < 4.78 is 38.8. The molecule has 3 heterocycles. The Morgan fingerprint density at radius 1 is 1.14 bits per heavy atom. The van der Waals surface area contributed by atoms with Crippen LogP contribution in [0.5, 0.6) is 5.75 Å². The molecule has 0 spiro atoms. The molecule has 12 heteroatoms. The van der Waals surface area contributed by atoms with Gasteiger partial charge in [0.25, 0.3) is 5.91 Å². The normalized spacial score (nSPS) is 11.2. The molecule has 5 aromatic rings. The van der Waals surface area contributed by atoms with Crippen molar-refractivity contribution in [2.45, 2.75) is 13.2 Å². The number of anilines is 1. The van der Waals surface area contributed by atoms with Gasteiger partial charge in [-0.05, 0) is 29.0 Å². The lowest BCUT2D eigenvalue weighted by Crippen LogP contribution is -2.13. The van der Waals surface area contributed by atoms with Crippen LogP contribution in [-0.2, 0) is 16.1 Å². The van der Waals surface area contributed by atoms with Gasteiger partial charge in [-0.2, -0.15) is 19.0 Å². The van der Waals surface area contributed by atoms with E-state index in [1.807, 2.05) is 0 Å². The fourth-order valence-corrected chi connectivity index (χ4v) is 3.76. The second-order valence-electron chi connectivity index (χ2n) is 7.64. The predicted molar refractivity (Wildman–Crippen MR) is 125 cm³/mol. The third-order valence-corrected chi connectivity index (χ3v) is 5.37. The van der Waals surface area contributed by atoms with Crippen LogP contribution < -0.4 is 10.1 Å². The van der Waals surface area contributed by atoms with Crippen LogP contribution in [0.4, 0.5) is 14.5 Å². The number of rotatable bonds is 7. The summed E-state index contributed by atoms with van der Waals surface area (Å²) in [4.78, 5) is 29.2. The van der Waals surface area contributed by atoms with Crippen LogP contribution in [0.2, 0.25) is 0 Å². The third-order valence-electron chi connectivity index (χ3n) is 5.37. The summed E-state index contributed by atoms with van der Waals surface area (Å²) in [5, 5.41) is 12.6. The quantitative estimate of drug-likeness (QED) is 0.344. The second-order valence-corrected chi connectivity index (χ2v) is 7.64. The van der Waals surface area contributed by atoms with Gasteiger partial charge in [-0.15, -0.1) is 0 Å². The van der Waals surface area contributed by atoms with Crippen molar-refractivity contribution in [3.8, 4) is 17.0 Å². The van der Waals surface area contributed by atoms with E-state index in [1.54, 1.807) is 42.6 Å². The average Bonchev–Trinajstić information content (AvgIpc) is 3.47. The fraction of sp³-hybridized carbons (Fsp3) is 0.125. The third kappa shape index (κ3) is 4.43. The van der Waals surface area contributed by atoms with E-state index >= 15 is 0 Å². The summed E-state index contributed by atoms with van der Waals surface area (Å²) in [5.74, 6) is -1.28. The molecule has 0 bridgehead atoms. The van der Waals surface area contributed by atoms with Gasteiger partial charge in [-0.3, -0.25) is 14.3 Å². The molecule has 3 aromatic heterocycles. The van der Waals surface area contributed by atoms with Crippen LogP contribution in [-0.4, -0.2) is 50.0 Å². The summed E-state index contributed by atoms with van der Waals surface area (Å²) in [5.41, 5.74) is 0.994. The number of carbonyl (C=O) groups excluding carboxylic acids is 2. The maximum atomic E-state index is 13.3. The lowest BCUT2D eigenvalue weighted by atomic mass is 10.0. The molecule has 0 saturated carbocycles. The maximum absolute atomic E-state index is 13.3. The number of nitrogens with one attached hydrogen (secondary N) is 1. The number of methoxy groups -OCH3 is 1. The molecule has 0 saturated heterocycles. The molecule has 0 radical (unpaired) electrons. The molecule has 182 valence electrons. The Labute approximate surface area is 202 Å². The van der Waals surface area contributed by atoms with Crippen molar-refractivity contribution in [1.82, 2.24) is 24.4 Å². The molecule has 0 unspecified atom stereocenters. The Morgan fingerprint density at radius 3 is 2.67 bits per heavy atom. The van der Waals surface area contributed by atoms with Gasteiger partial charge in [0.2, 0.25) is 0 Å². The van der Waals surface area contributed by atoms with Crippen LogP contribution in [0.25, 0.3) is 27.7 Å². The van der Waals surface area contributed by atoms with E-state index in [2.05, 4.69) is 20.5 Å². The highest BCUT2D eigenvalue weighted by Crippen LogP contribution is 2.38. The summed E-state index contributed by atoms with van der Waals surface area (Å²) >= 11 is 0. The van der Waals surface area contributed by atoms with Crippen LogP contribution in [0.3, 0.4) is 0 Å².